The van der Waals surface area contributed by atoms with Crippen LogP contribution < -0.4 is 0 Å². The number of hydrogen-bond donors (Lipinski definition) is 0. The number of benzene rings is 1. The first-order valence-corrected chi connectivity index (χ1v) is 7.22. The van der Waals surface area contributed by atoms with Gasteiger partial charge in [0.25, 0.3) is 0 Å². The highest BCUT2D eigenvalue weighted by molar-refractivity contribution is 5.47. The average Bonchev–Trinajstić information content (AvgIpc) is 2.28. The Kier molecular flexibility index (Phi) is 2.92. The van der Waals surface area contributed by atoms with E-state index in [1.165, 1.54) is 11.1 Å². The van der Waals surface area contributed by atoms with Gasteiger partial charge in [0.2, 0.25) is 0 Å². The third-order valence-corrected chi connectivity index (χ3v) is 6.05. The fourth-order valence-corrected chi connectivity index (χ4v) is 3.62. The van der Waals surface area contributed by atoms with E-state index < -0.39 is 0 Å². The molecule has 0 N–H and O–H groups in total. The van der Waals surface area contributed by atoms with Gasteiger partial charge in [-0.25, -0.2) is 0 Å². The molecule has 1 aliphatic rings. The van der Waals surface area contributed by atoms with Crippen LogP contribution in [0.15, 0.2) is 12.1 Å². The normalized spacial score (nSPS) is 28.9. The van der Waals surface area contributed by atoms with Crippen molar-refractivity contribution in [1.29, 1.82) is 0 Å². The van der Waals surface area contributed by atoms with Crippen molar-refractivity contribution in [2.24, 2.45) is 11.8 Å². The van der Waals surface area contributed by atoms with Gasteiger partial charge in [-0.1, -0.05) is 53.7 Å². The maximum absolute atomic E-state index is 2.44. The highest BCUT2D eigenvalue weighted by Gasteiger charge is 2.46. The zero-order valence-corrected chi connectivity index (χ0v) is 13.3. The fraction of sp³-hybridized carbons (Fsp3) is 0.667. The van der Waals surface area contributed by atoms with Crippen molar-refractivity contribution in [2.45, 2.75) is 66.2 Å². The molecule has 0 fully saturated rings. The standard InChI is InChI=1S/C18H28/c1-11-9-15-16(10-12(11)2)18(7,8)14(4)13(3)17(15,5)6/h9-10,13-14H,1-8H3. The summed E-state index contributed by atoms with van der Waals surface area (Å²) in [5.74, 6) is 1.42. The topological polar surface area (TPSA) is 0 Å². The Morgan fingerprint density at radius 3 is 1.28 bits per heavy atom. The second-order valence-electron chi connectivity index (χ2n) is 7.50. The van der Waals surface area contributed by atoms with Gasteiger partial charge in [0.1, 0.15) is 0 Å². The SMILES string of the molecule is Cc1cc2c(cc1C)C(C)(C)C(C)C(C)C2(C)C. The molecule has 0 radical (unpaired) electrons. The second-order valence-corrected chi connectivity index (χ2v) is 7.50. The van der Waals surface area contributed by atoms with E-state index in [0.29, 0.717) is 11.8 Å². The van der Waals surface area contributed by atoms with Gasteiger partial charge in [0, 0.05) is 0 Å². The van der Waals surface area contributed by atoms with Crippen LogP contribution in [-0.4, -0.2) is 0 Å². The molecule has 2 unspecified atom stereocenters. The largest absolute Gasteiger partial charge is 0.0614 e. The lowest BCUT2D eigenvalue weighted by Gasteiger charge is -2.51. The summed E-state index contributed by atoms with van der Waals surface area (Å²) >= 11 is 0. The molecule has 0 amide bonds. The zero-order valence-electron chi connectivity index (χ0n) is 13.3. The number of fused-ring (bicyclic) bond motifs is 1. The van der Waals surface area contributed by atoms with Gasteiger partial charge < -0.3 is 0 Å². The molecular formula is C18H28. The van der Waals surface area contributed by atoms with Crippen LogP contribution in [0, 0.1) is 25.7 Å². The Morgan fingerprint density at radius 1 is 0.722 bits per heavy atom. The minimum absolute atomic E-state index is 0.280. The molecule has 0 aliphatic heterocycles. The number of hydrogen-bond acceptors (Lipinski definition) is 0. The molecule has 0 bridgehead atoms. The molecule has 1 aromatic rings. The molecule has 0 saturated heterocycles. The van der Waals surface area contributed by atoms with E-state index in [4.69, 9.17) is 0 Å². The van der Waals surface area contributed by atoms with Crippen LogP contribution >= 0.6 is 0 Å². The molecule has 0 spiro atoms. The van der Waals surface area contributed by atoms with Crippen molar-refractivity contribution in [3.63, 3.8) is 0 Å². The fourth-order valence-electron chi connectivity index (χ4n) is 3.62. The Bertz CT molecular complexity index is 432. The lowest BCUT2D eigenvalue weighted by molar-refractivity contribution is 0.144. The monoisotopic (exact) mass is 244 g/mol. The van der Waals surface area contributed by atoms with Crippen molar-refractivity contribution in [2.75, 3.05) is 0 Å². The van der Waals surface area contributed by atoms with Crippen molar-refractivity contribution >= 4 is 0 Å². The summed E-state index contributed by atoms with van der Waals surface area (Å²) in [6.45, 7) is 19.0. The Labute approximate surface area is 113 Å². The summed E-state index contributed by atoms with van der Waals surface area (Å²) in [7, 11) is 0. The molecule has 0 nitrogen and oxygen atoms in total. The zero-order chi connectivity index (χ0) is 13.9. The first kappa shape index (κ1) is 13.6. The van der Waals surface area contributed by atoms with Crippen molar-refractivity contribution in [3.05, 3.63) is 34.4 Å². The van der Waals surface area contributed by atoms with E-state index in [9.17, 15) is 0 Å². The van der Waals surface area contributed by atoms with E-state index in [0.717, 1.165) is 0 Å². The maximum Gasteiger partial charge on any atom is -0.00721 e. The van der Waals surface area contributed by atoms with Crippen LogP contribution in [0.4, 0.5) is 0 Å². The van der Waals surface area contributed by atoms with Crippen molar-refractivity contribution in [1.82, 2.24) is 0 Å². The first-order valence-electron chi connectivity index (χ1n) is 7.22. The molecule has 0 saturated carbocycles. The molecule has 0 aromatic heterocycles. The van der Waals surface area contributed by atoms with Crippen LogP contribution in [-0.2, 0) is 10.8 Å². The highest BCUT2D eigenvalue weighted by atomic mass is 14.5. The Morgan fingerprint density at radius 2 is 1.00 bits per heavy atom. The van der Waals surface area contributed by atoms with Gasteiger partial charge in [-0.3, -0.25) is 0 Å². The van der Waals surface area contributed by atoms with Crippen LogP contribution in [0.3, 0.4) is 0 Å². The van der Waals surface area contributed by atoms with Crippen LogP contribution in [0.5, 0.6) is 0 Å². The predicted molar refractivity (Wildman–Crippen MR) is 80.3 cm³/mol. The molecule has 2 atom stereocenters. The molecule has 18 heavy (non-hydrogen) atoms. The van der Waals surface area contributed by atoms with Gasteiger partial charge in [-0.15, -0.1) is 0 Å². The predicted octanol–water partition coefficient (Wildman–Crippen LogP) is 5.14. The van der Waals surface area contributed by atoms with E-state index >= 15 is 0 Å². The summed E-state index contributed by atoms with van der Waals surface area (Å²) in [5.41, 5.74) is 6.56. The van der Waals surface area contributed by atoms with Gasteiger partial charge in [0.15, 0.2) is 0 Å². The Balaban J connectivity index is 2.78. The number of rotatable bonds is 0. The van der Waals surface area contributed by atoms with E-state index in [-0.39, 0.29) is 10.8 Å². The molecule has 1 aliphatic carbocycles. The van der Waals surface area contributed by atoms with Gasteiger partial charge >= 0.3 is 0 Å². The summed E-state index contributed by atoms with van der Waals surface area (Å²) in [5, 5.41) is 0. The minimum atomic E-state index is 0.280. The summed E-state index contributed by atoms with van der Waals surface area (Å²) in [4.78, 5) is 0. The third-order valence-electron chi connectivity index (χ3n) is 6.05. The van der Waals surface area contributed by atoms with Gasteiger partial charge in [0.05, 0.1) is 0 Å². The van der Waals surface area contributed by atoms with Crippen LogP contribution in [0.1, 0.15) is 63.8 Å². The summed E-state index contributed by atoms with van der Waals surface area (Å²) in [6.07, 6.45) is 0. The minimum Gasteiger partial charge on any atom is -0.0614 e. The quantitative estimate of drug-likeness (QED) is 0.592. The van der Waals surface area contributed by atoms with Crippen LogP contribution in [0.25, 0.3) is 0 Å². The highest BCUT2D eigenvalue weighted by Crippen LogP contribution is 2.52. The molecular weight excluding hydrogens is 216 g/mol. The second kappa shape index (κ2) is 3.85. The van der Waals surface area contributed by atoms with Gasteiger partial charge in [-0.05, 0) is 58.8 Å². The third kappa shape index (κ3) is 1.65. The number of aryl methyl sites for hydroxylation is 2. The Hall–Kier alpha value is -0.780. The molecule has 0 heterocycles. The van der Waals surface area contributed by atoms with E-state index in [2.05, 4.69) is 67.5 Å². The summed E-state index contributed by atoms with van der Waals surface area (Å²) in [6, 6.07) is 4.88. The van der Waals surface area contributed by atoms with Crippen molar-refractivity contribution < 1.29 is 0 Å². The summed E-state index contributed by atoms with van der Waals surface area (Å²) < 4.78 is 0. The molecule has 1 aromatic carbocycles. The van der Waals surface area contributed by atoms with Crippen molar-refractivity contribution in [3.8, 4) is 0 Å². The van der Waals surface area contributed by atoms with E-state index in [1.807, 2.05) is 0 Å². The molecule has 2 rings (SSSR count). The lowest BCUT2D eigenvalue weighted by Crippen LogP contribution is -2.46. The molecule has 0 heteroatoms. The van der Waals surface area contributed by atoms with E-state index in [1.54, 1.807) is 11.1 Å². The molecule has 100 valence electrons. The van der Waals surface area contributed by atoms with Gasteiger partial charge in [-0.2, -0.15) is 0 Å². The average molecular weight is 244 g/mol. The van der Waals surface area contributed by atoms with Crippen LogP contribution in [0.2, 0.25) is 0 Å². The lowest BCUT2D eigenvalue weighted by atomic mass is 9.53. The first-order chi connectivity index (χ1) is 8.10. The maximum atomic E-state index is 2.44. The smallest absolute Gasteiger partial charge is 0.00721 e.